The lowest BCUT2D eigenvalue weighted by Gasteiger charge is -2.22. The van der Waals surface area contributed by atoms with E-state index in [1.165, 1.54) is 12.5 Å². The Morgan fingerprint density at radius 2 is 2.25 bits per heavy atom. The number of nitrogens with one attached hydrogen (secondary N) is 1. The minimum absolute atomic E-state index is 0.206. The second-order valence-corrected chi connectivity index (χ2v) is 5.02. The lowest BCUT2D eigenvalue weighted by molar-refractivity contribution is 0.265. The quantitative estimate of drug-likeness (QED) is 0.936. The Labute approximate surface area is 117 Å². The fourth-order valence-electron chi connectivity index (χ4n) is 2.54. The van der Waals surface area contributed by atoms with Crippen molar-refractivity contribution in [3.05, 3.63) is 46.4 Å². The zero-order valence-corrected chi connectivity index (χ0v) is 11.6. The molecule has 0 saturated carbocycles. The molecule has 0 spiro atoms. The summed E-state index contributed by atoms with van der Waals surface area (Å²) in [6, 6.07) is 1.47. The summed E-state index contributed by atoms with van der Waals surface area (Å²) in [5.41, 5.74) is 3.63. The predicted octanol–water partition coefficient (Wildman–Crippen LogP) is 2.66. The summed E-state index contributed by atoms with van der Waals surface area (Å²) < 4.78 is 25.0. The van der Waals surface area contributed by atoms with Gasteiger partial charge in [0.05, 0.1) is 5.69 Å². The van der Waals surface area contributed by atoms with Crippen LogP contribution in [-0.2, 0) is 19.6 Å². The normalized spacial score (nSPS) is 14.2. The first-order valence-electron chi connectivity index (χ1n) is 6.70. The number of benzene rings is 1. The molecule has 1 aromatic carbocycles. The minimum Gasteiger partial charge on any atom is -0.485 e. The van der Waals surface area contributed by atoms with Crippen LogP contribution in [0, 0.1) is 19.7 Å². The van der Waals surface area contributed by atoms with E-state index in [9.17, 15) is 4.39 Å². The summed E-state index contributed by atoms with van der Waals surface area (Å²) >= 11 is 0. The molecule has 0 radical (unpaired) electrons. The summed E-state index contributed by atoms with van der Waals surface area (Å²) in [4.78, 5) is 4.01. The van der Waals surface area contributed by atoms with Gasteiger partial charge in [-0.25, -0.2) is 9.37 Å². The average molecular weight is 276 g/mol. The molecule has 0 aliphatic carbocycles. The van der Waals surface area contributed by atoms with Gasteiger partial charge in [0.1, 0.15) is 18.2 Å². The highest BCUT2D eigenvalue weighted by Gasteiger charge is 2.19. The van der Waals surface area contributed by atoms with Crippen LogP contribution in [0.1, 0.15) is 28.1 Å². The molecule has 1 N–H and O–H groups in total. The van der Waals surface area contributed by atoms with Crippen LogP contribution < -0.4 is 10.1 Å². The second kappa shape index (κ2) is 5.25. The highest BCUT2D eigenvalue weighted by atomic mass is 19.1. The SMILES string of the molecule is Cc1ncoc1COc1cc(F)c2c(c1C)CCNC2. The molecule has 4 nitrogen and oxygen atoms in total. The Bertz CT molecular complexity index is 637. The average Bonchev–Trinajstić information content (AvgIpc) is 2.87. The van der Waals surface area contributed by atoms with Crippen molar-refractivity contribution in [3.63, 3.8) is 0 Å². The molecule has 0 unspecified atom stereocenters. The van der Waals surface area contributed by atoms with Crippen LogP contribution in [0.5, 0.6) is 5.75 Å². The van der Waals surface area contributed by atoms with Crippen molar-refractivity contribution in [1.82, 2.24) is 10.3 Å². The minimum atomic E-state index is -0.206. The van der Waals surface area contributed by atoms with Crippen molar-refractivity contribution in [2.24, 2.45) is 0 Å². The number of oxazole rings is 1. The number of aromatic nitrogens is 1. The lowest BCUT2D eigenvalue weighted by atomic mass is 9.95. The molecule has 3 rings (SSSR count). The molecular weight excluding hydrogens is 259 g/mol. The molecule has 20 heavy (non-hydrogen) atoms. The summed E-state index contributed by atoms with van der Waals surface area (Å²) in [5.74, 6) is 1.05. The zero-order valence-electron chi connectivity index (χ0n) is 11.6. The van der Waals surface area contributed by atoms with Gasteiger partial charge in [0.25, 0.3) is 0 Å². The van der Waals surface area contributed by atoms with Crippen molar-refractivity contribution in [1.29, 1.82) is 0 Å². The predicted molar refractivity (Wildman–Crippen MR) is 72.1 cm³/mol. The Morgan fingerprint density at radius 1 is 1.40 bits per heavy atom. The van der Waals surface area contributed by atoms with Gasteiger partial charge in [0.15, 0.2) is 12.2 Å². The summed E-state index contributed by atoms with van der Waals surface area (Å²) in [5, 5.41) is 3.19. The summed E-state index contributed by atoms with van der Waals surface area (Å²) in [6.45, 7) is 5.56. The fraction of sp³-hybridized carbons (Fsp3) is 0.400. The van der Waals surface area contributed by atoms with E-state index in [2.05, 4.69) is 10.3 Å². The van der Waals surface area contributed by atoms with Crippen molar-refractivity contribution >= 4 is 0 Å². The van der Waals surface area contributed by atoms with Crippen LogP contribution in [0.3, 0.4) is 0 Å². The molecule has 0 bridgehead atoms. The molecule has 5 heteroatoms. The largest absolute Gasteiger partial charge is 0.485 e. The number of halogens is 1. The van der Waals surface area contributed by atoms with Crippen molar-refractivity contribution in [2.75, 3.05) is 6.54 Å². The molecule has 1 aliphatic rings. The van der Waals surface area contributed by atoms with E-state index in [1.54, 1.807) is 0 Å². The van der Waals surface area contributed by atoms with Crippen molar-refractivity contribution in [2.45, 2.75) is 33.4 Å². The van der Waals surface area contributed by atoms with Crippen LogP contribution in [0.25, 0.3) is 0 Å². The van der Waals surface area contributed by atoms with E-state index in [1.807, 2.05) is 13.8 Å². The topological polar surface area (TPSA) is 47.3 Å². The maximum absolute atomic E-state index is 14.1. The lowest BCUT2D eigenvalue weighted by Crippen LogP contribution is -2.25. The number of rotatable bonds is 3. The van der Waals surface area contributed by atoms with Gasteiger partial charge in [-0.2, -0.15) is 0 Å². The van der Waals surface area contributed by atoms with E-state index >= 15 is 0 Å². The van der Waals surface area contributed by atoms with Gasteiger partial charge in [0, 0.05) is 18.2 Å². The first-order chi connectivity index (χ1) is 9.66. The number of fused-ring (bicyclic) bond motifs is 1. The first-order valence-corrected chi connectivity index (χ1v) is 6.70. The molecule has 2 aromatic rings. The zero-order chi connectivity index (χ0) is 14.1. The molecule has 106 valence electrons. The van der Waals surface area contributed by atoms with Gasteiger partial charge in [0.2, 0.25) is 0 Å². The van der Waals surface area contributed by atoms with E-state index in [-0.39, 0.29) is 12.4 Å². The van der Waals surface area contributed by atoms with E-state index < -0.39 is 0 Å². The molecular formula is C15H17FN2O2. The smallest absolute Gasteiger partial charge is 0.181 e. The molecule has 0 saturated heterocycles. The number of aryl methyl sites for hydroxylation is 1. The van der Waals surface area contributed by atoms with Crippen LogP contribution >= 0.6 is 0 Å². The molecule has 0 atom stereocenters. The molecule has 1 aliphatic heterocycles. The van der Waals surface area contributed by atoms with Crippen molar-refractivity contribution in [3.8, 4) is 5.75 Å². The standard InChI is InChI=1S/C15H17FN2O2/c1-9-11-3-4-17-6-12(11)13(16)5-14(9)19-7-15-10(2)18-8-20-15/h5,8,17H,3-4,6-7H2,1-2H3. The fourth-order valence-corrected chi connectivity index (χ4v) is 2.54. The van der Waals surface area contributed by atoms with Gasteiger partial charge in [-0.3, -0.25) is 0 Å². The highest BCUT2D eigenvalue weighted by molar-refractivity contribution is 5.46. The van der Waals surface area contributed by atoms with Crippen molar-refractivity contribution < 1.29 is 13.5 Å². The second-order valence-electron chi connectivity index (χ2n) is 5.02. The third kappa shape index (κ3) is 2.29. The Hall–Kier alpha value is -1.88. The monoisotopic (exact) mass is 276 g/mol. The maximum atomic E-state index is 14.1. The van der Waals surface area contributed by atoms with Crippen LogP contribution in [0.4, 0.5) is 4.39 Å². The number of hydrogen-bond acceptors (Lipinski definition) is 4. The van der Waals surface area contributed by atoms with Gasteiger partial charge in [-0.1, -0.05) is 0 Å². The molecule has 0 fully saturated rings. The molecule has 0 amide bonds. The number of ether oxygens (including phenoxy) is 1. The number of nitrogens with zero attached hydrogens (tertiary/aromatic N) is 1. The Balaban J connectivity index is 1.87. The summed E-state index contributed by atoms with van der Waals surface area (Å²) in [6.07, 6.45) is 2.22. The van der Waals surface area contributed by atoms with Crippen LogP contribution in [-0.4, -0.2) is 11.5 Å². The molecule has 1 aromatic heterocycles. The Morgan fingerprint density at radius 3 is 3.00 bits per heavy atom. The van der Waals surface area contributed by atoms with E-state index in [0.717, 1.165) is 35.3 Å². The van der Waals surface area contributed by atoms with E-state index in [4.69, 9.17) is 9.15 Å². The van der Waals surface area contributed by atoms with Gasteiger partial charge < -0.3 is 14.5 Å². The Kier molecular flexibility index (Phi) is 3.44. The van der Waals surface area contributed by atoms with Gasteiger partial charge >= 0.3 is 0 Å². The third-order valence-electron chi connectivity index (χ3n) is 3.79. The van der Waals surface area contributed by atoms with E-state index in [0.29, 0.717) is 18.1 Å². The van der Waals surface area contributed by atoms with Crippen LogP contribution in [0.2, 0.25) is 0 Å². The molecule has 2 heterocycles. The first kappa shape index (κ1) is 13.1. The van der Waals surface area contributed by atoms with Gasteiger partial charge in [-0.05, 0) is 37.9 Å². The highest BCUT2D eigenvalue weighted by Crippen LogP contribution is 2.30. The third-order valence-corrected chi connectivity index (χ3v) is 3.79. The van der Waals surface area contributed by atoms with Crippen LogP contribution in [0.15, 0.2) is 16.9 Å². The van der Waals surface area contributed by atoms with Gasteiger partial charge in [-0.15, -0.1) is 0 Å². The number of hydrogen-bond donors (Lipinski definition) is 1. The summed E-state index contributed by atoms with van der Waals surface area (Å²) in [7, 11) is 0. The maximum Gasteiger partial charge on any atom is 0.181 e.